The van der Waals surface area contributed by atoms with Gasteiger partial charge in [0.2, 0.25) is 0 Å². The summed E-state index contributed by atoms with van der Waals surface area (Å²) in [6.07, 6.45) is 10.3. The normalized spacial score (nSPS) is 22.1. The van der Waals surface area contributed by atoms with Crippen LogP contribution in [0.3, 0.4) is 0 Å². The van der Waals surface area contributed by atoms with Gasteiger partial charge < -0.3 is 24.8 Å². The molecule has 7 heteroatoms. The van der Waals surface area contributed by atoms with Crippen LogP contribution < -0.4 is 4.74 Å². The zero-order valence-electron chi connectivity index (χ0n) is 31.0. The molecule has 0 spiro atoms. The van der Waals surface area contributed by atoms with E-state index in [4.69, 9.17) is 9.47 Å². The SMILES string of the molecule is CCC[C@H]1CCC[C@H]([C@H](O)c2cccc(O)c2)C1.CCC[C@H]1CCC[C@H]([C@H](O)c2cccc(OCc3ccccc3)c2)N1C(=O)OC(C)(C)C. The second-order valence-electron chi connectivity index (χ2n) is 15.2. The molecule has 0 radical (unpaired) electrons. The molecule has 1 aliphatic heterocycles. The van der Waals surface area contributed by atoms with Gasteiger partial charge in [0.1, 0.15) is 23.7 Å². The third kappa shape index (κ3) is 11.8. The Morgan fingerprint density at radius 3 is 2.18 bits per heavy atom. The number of hydrogen-bond acceptors (Lipinski definition) is 6. The van der Waals surface area contributed by atoms with Crippen LogP contribution in [0.5, 0.6) is 11.5 Å². The zero-order chi connectivity index (χ0) is 36.1. The number of aromatic hydroxyl groups is 1. The Balaban J connectivity index is 0.000000263. The van der Waals surface area contributed by atoms with Gasteiger partial charge in [-0.25, -0.2) is 4.79 Å². The van der Waals surface area contributed by atoms with Crippen molar-refractivity contribution in [1.29, 1.82) is 0 Å². The van der Waals surface area contributed by atoms with Crippen LogP contribution in [0, 0.1) is 11.8 Å². The second-order valence-corrected chi connectivity index (χ2v) is 15.2. The van der Waals surface area contributed by atoms with E-state index in [0.717, 1.165) is 67.6 Å². The first-order chi connectivity index (χ1) is 24.0. The van der Waals surface area contributed by atoms with Crippen LogP contribution in [0.4, 0.5) is 4.79 Å². The first-order valence-corrected chi connectivity index (χ1v) is 18.9. The third-order valence-electron chi connectivity index (χ3n) is 10.0. The summed E-state index contributed by atoms with van der Waals surface area (Å²) in [5.41, 5.74) is 2.12. The smallest absolute Gasteiger partial charge is 0.410 e. The maximum atomic E-state index is 13.1. The lowest BCUT2D eigenvalue weighted by Gasteiger charge is -2.44. The summed E-state index contributed by atoms with van der Waals surface area (Å²) in [5.74, 6) is 2.08. The maximum Gasteiger partial charge on any atom is 0.410 e. The number of piperidine rings is 1. The number of aliphatic hydroxyl groups excluding tert-OH is 2. The van der Waals surface area contributed by atoms with Crippen LogP contribution in [0.15, 0.2) is 78.9 Å². The molecule has 3 N–H and O–H groups in total. The molecule has 2 aliphatic rings. The van der Waals surface area contributed by atoms with E-state index in [9.17, 15) is 20.1 Å². The van der Waals surface area contributed by atoms with Crippen molar-refractivity contribution < 1.29 is 29.6 Å². The summed E-state index contributed by atoms with van der Waals surface area (Å²) >= 11 is 0. The van der Waals surface area contributed by atoms with Gasteiger partial charge in [-0.05, 0) is 112 Å². The van der Waals surface area contributed by atoms with Crippen molar-refractivity contribution in [3.05, 3.63) is 95.6 Å². The number of phenolic OH excluding ortho intramolecular Hbond substituents is 1. The molecule has 1 heterocycles. The van der Waals surface area contributed by atoms with E-state index in [1.807, 2.05) is 81.4 Å². The molecule has 50 heavy (non-hydrogen) atoms. The average Bonchev–Trinajstić information content (AvgIpc) is 3.10. The highest BCUT2D eigenvalue weighted by molar-refractivity contribution is 5.69. The summed E-state index contributed by atoms with van der Waals surface area (Å²) in [5, 5.41) is 31.3. The lowest BCUT2D eigenvalue weighted by Crippen LogP contribution is -2.53. The molecule has 7 nitrogen and oxygen atoms in total. The van der Waals surface area contributed by atoms with E-state index in [-0.39, 0.29) is 23.9 Å². The molecule has 3 aromatic carbocycles. The van der Waals surface area contributed by atoms with Gasteiger partial charge in [0.15, 0.2) is 0 Å². The molecule has 0 unspecified atom stereocenters. The summed E-state index contributed by atoms with van der Waals surface area (Å²) in [6.45, 7) is 10.5. The van der Waals surface area contributed by atoms with E-state index in [1.165, 1.54) is 25.7 Å². The second kappa shape index (κ2) is 19.2. The van der Waals surface area contributed by atoms with Gasteiger partial charge >= 0.3 is 6.09 Å². The predicted octanol–water partition coefficient (Wildman–Crippen LogP) is 10.3. The fourth-order valence-electron chi connectivity index (χ4n) is 7.66. The van der Waals surface area contributed by atoms with Crippen molar-refractivity contribution >= 4 is 6.09 Å². The minimum Gasteiger partial charge on any atom is -0.508 e. The van der Waals surface area contributed by atoms with Crippen molar-refractivity contribution in [2.24, 2.45) is 11.8 Å². The van der Waals surface area contributed by atoms with Crippen LogP contribution >= 0.6 is 0 Å². The lowest BCUT2D eigenvalue weighted by atomic mass is 9.76. The minimum atomic E-state index is -0.803. The molecule has 2 fully saturated rings. The van der Waals surface area contributed by atoms with Crippen LogP contribution in [0.1, 0.15) is 134 Å². The van der Waals surface area contributed by atoms with Gasteiger partial charge in [0, 0.05) is 6.04 Å². The number of ether oxygens (including phenoxy) is 2. The Kier molecular flexibility index (Phi) is 15.0. The van der Waals surface area contributed by atoms with Gasteiger partial charge in [-0.2, -0.15) is 0 Å². The molecule has 1 saturated carbocycles. The highest BCUT2D eigenvalue weighted by Gasteiger charge is 2.40. The average molecular weight is 688 g/mol. The Morgan fingerprint density at radius 2 is 1.50 bits per heavy atom. The Morgan fingerprint density at radius 1 is 0.820 bits per heavy atom. The fourth-order valence-corrected chi connectivity index (χ4v) is 7.66. The van der Waals surface area contributed by atoms with Crippen LogP contribution in [-0.2, 0) is 11.3 Å². The number of aliphatic hydroxyl groups is 2. The maximum absolute atomic E-state index is 13.1. The van der Waals surface area contributed by atoms with E-state index >= 15 is 0 Å². The van der Waals surface area contributed by atoms with E-state index in [2.05, 4.69) is 13.8 Å². The quantitative estimate of drug-likeness (QED) is 0.186. The number of phenols is 1. The summed E-state index contributed by atoms with van der Waals surface area (Å²) in [7, 11) is 0. The molecule has 1 aliphatic carbocycles. The summed E-state index contributed by atoms with van der Waals surface area (Å²) in [4.78, 5) is 14.9. The van der Waals surface area contributed by atoms with Crippen molar-refractivity contribution in [2.45, 2.75) is 142 Å². The van der Waals surface area contributed by atoms with Gasteiger partial charge in [0.25, 0.3) is 0 Å². The minimum absolute atomic E-state index is 0.0840. The van der Waals surface area contributed by atoms with Crippen LogP contribution in [0.2, 0.25) is 0 Å². The van der Waals surface area contributed by atoms with Gasteiger partial charge in [0.05, 0.1) is 18.2 Å². The molecule has 1 amide bonds. The molecule has 6 atom stereocenters. The van der Waals surface area contributed by atoms with Gasteiger partial charge in [-0.1, -0.05) is 101 Å². The van der Waals surface area contributed by atoms with Gasteiger partial charge in [-0.3, -0.25) is 4.90 Å². The molecule has 1 saturated heterocycles. The van der Waals surface area contributed by atoms with Crippen LogP contribution in [-0.4, -0.2) is 44.0 Å². The molecule has 0 aromatic heterocycles. The Labute approximate surface area is 300 Å². The molecule has 274 valence electrons. The predicted molar refractivity (Wildman–Crippen MR) is 200 cm³/mol. The number of benzene rings is 3. The lowest BCUT2D eigenvalue weighted by molar-refractivity contribution is -0.0368. The Hall–Kier alpha value is -3.55. The molecule has 3 aromatic rings. The topological polar surface area (TPSA) is 99.5 Å². The van der Waals surface area contributed by atoms with E-state index in [0.29, 0.717) is 18.3 Å². The first-order valence-electron chi connectivity index (χ1n) is 18.9. The number of amides is 1. The largest absolute Gasteiger partial charge is 0.508 e. The van der Waals surface area contributed by atoms with Gasteiger partial charge in [-0.15, -0.1) is 0 Å². The third-order valence-corrected chi connectivity index (χ3v) is 10.0. The zero-order valence-corrected chi connectivity index (χ0v) is 31.0. The fraction of sp³-hybridized carbons (Fsp3) is 0.558. The number of rotatable bonds is 11. The summed E-state index contributed by atoms with van der Waals surface area (Å²) < 4.78 is 11.7. The molecule has 5 rings (SSSR count). The van der Waals surface area contributed by atoms with E-state index < -0.39 is 17.8 Å². The highest BCUT2D eigenvalue weighted by Crippen LogP contribution is 2.39. The van der Waals surface area contributed by atoms with E-state index in [1.54, 1.807) is 23.1 Å². The van der Waals surface area contributed by atoms with Crippen molar-refractivity contribution in [3.63, 3.8) is 0 Å². The van der Waals surface area contributed by atoms with Crippen molar-refractivity contribution in [3.8, 4) is 11.5 Å². The number of carbonyl (C=O) groups excluding carboxylic acids is 1. The first kappa shape index (κ1) is 39.2. The standard InChI is InChI=1S/C27H37NO4.C16H24O2/c1-5-11-22-15-10-17-24(28(22)26(30)32-27(2,3)4)25(29)21-14-9-16-23(18-21)31-19-20-12-7-6-8-13-20;1-2-5-12-6-3-7-13(10-12)16(18)14-8-4-9-15(17)11-14/h6-9,12-14,16,18,22,24-25,29H,5,10-11,15,17,19H2,1-4H3;4,8-9,11-13,16-18H,2-3,5-7,10H2,1H3/t22-,24+,25+;12-,13-,16-/m00/s1. The number of likely N-dealkylation sites (tertiary alicyclic amines) is 1. The number of carbonyl (C=O) groups is 1. The molecule has 0 bridgehead atoms. The highest BCUT2D eigenvalue weighted by atomic mass is 16.6. The molecular formula is C43H61NO6. The molecular weight excluding hydrogens is 626 g/mol. The van der Waals surface area contributed by atoms with Crippen LogP contribution in [0.25, 0.3) is 0 Å². The number of hydrogen-bond donors (Lipinski definition) is 3. The number of nitrogens with zero attached hydrogens (tertiary/aromatic N) is 1. The van der Waals surface area contributed by atoms with Crippen molar-refractivity contribution in [2.75, 3.05) is 0 Å². The monoisotopic (exact) mass is 687 g/mol. The van der Waals surface area contributed by atoms with Crippen molar-refractivity contribution in [1.82, 2.24) is 4.90 Å². The Bertz CT molecular complexity index is 1430. The summed E-state index contributed by atoms with van der Waals surface area (Å²) in [6, 6.07) is 24.4.